The van der Waals surface area contributed by atoms with Crippen molar-refractivity contribution < 1.29 is 9.53 Å². The van der Waals surface area contributed by atoms with Crippen molar-refractivity contribution in [2.24, 2.45) is 11.7 Å². The van der Waals surface area contributed by atoms with Gasteiger partial charge in [0.25, 0.3) is 0 Å². The molecule has 0 bridgehead atoms. The molecule has 0 saturated heterocycles. The topological polar surface area (TPSA) is 81.3 Å². The van der Waals surface area contributed by atoms with Crippen LogP contribution in [0.1, 0.15) is 38.3 Å². The molecule has 27 heavy (non-hydrogen) atoms. The van der Waals surface area contributed by atoms with Crippen molar-refractivity contribution in [1.82, 2.24) is 14.9 Å². The van der Waals surface area contributed by atoms with Gasteiger partial charge in [0.15, 0.2) is 0 Å². The van der Waals surface area contributed by atoms with Crippen LogP contribution in [0.3, 0.4) is 0 Å². The van der Waals surface area contributed by atoms with Crippen molar-refractivity contribution in [3.05, 3.63) is 36.2 Å². The zero-order valence-corrected chi connectivity index (χ0v) is 16.8. The molecular weight excluding hydrogens is 364 g/mol. The van der Waals surface area contributed by atoms with Gasteiger partial charge in [0.2, 0.25) is 5.91 Å². The maximum atomic E-state index is 12.9. The maximum Gasteiger partial charge on any atom is 0.225 e. The predicted molar refractivity (Wildman–Crippen MR) is 109 cm³/mol. The first-order chi connectivity index (χ1) is 12.6. The van der Waals surface area contributed by atoms with Gasteiger partial charge in [-0.2, -0.15) is 0 Å². The van der Waals surface area contributed by atoms with Crippen LogP contribution < -0.4 is 5.73 Å². The molecular formula is C20H29ClN4O2. The van der Waals surface area contributed by atoms with Crippen LogP contribution in [-0.2, 0) is 16.1 Å². The van der Waals surface area contributed by atoms with Gasteiger partial charge in [-0.05, 0) is 37.8 Å². The van der Waals surface area contributed by atoms with Gasteiger partial charge in [0.05, 0.1) is 35.6 Å². The van der Waals surface area contributed by atoms with Crippen molar-refractivity contribution in [1.29, 1.82) is 0 Å². The number of aromatic nitrogens is 2. The van der Waals surface area contributed by atoms with E-state index in [1.165, 1.54) is 0 Å². The summed E-state index contributed by atoms with van der Waals surface area (Å²) in [6.45, 7) is 3.23. The predicted octanol–water partition coefficient (Wildman–Crippen LogP) is 2.93. The fourth-order valence-corrected chi connectivity index (χ4v) is 3.54. The van der Waals surface area contributed by atoms with Gasteiger partial charge >= 0.3 is 0 Å². The molecule has 1 aromatic heterocycles. The van der Waals surface area contributed by atoms with Gasteiger partial charge in [-0.3, -0.25) is 9.78 Å². The van der Waals surface area contributed by atoms with Gasteiger partial charge < -0.3 is 15.4 Å². The first kappa shape index (κ1) is 21.5. The van der Waals surface area contributed by atoms with E-state index in [-0.39, 0.29) is 36.4 Å². The van der Waals surface area contributed by atoms with Gasteiger partial charge in [0, 0.05) is 25.6 Å². The minimum absolute atomic E-state index is 0. The summed E-state index contributed by atoms with van der Waals surface area (Å²) >= 11 is 0. The number of hydrogen-bond donors (Lipinski definition) is 1. The van der Waals surface area contributed by atoms with Crippen molar-refractivity contribution in [3.8, 4) is 0 Å². The Bertz CT molecular complexity index is 758. The third-order valence-corrected chi connectivity index (χ3v) is 5.00. The van der Waals surface area contributed by atoms with Crippen LogP contribution in [0.15, 0.2) is 30.5 Å². The second-order valence-corrected chi connectivity index (χ2v) is 7.13. The number of ether oxygens (including phenoxy) is 1. The lowest BCUT2D eigenvalue weighted by atomic mass is 9.83. The molecule has 3 rings (SSSR count). The van der Waals surface area contributed by atoms with Gasteiger partial charge in [0.1, 0.15) is 0 Å². The Morgan fingerprint density at radius 2 is 2.04 bits per heavy atom. The molecule has 7 heteroatoms. The molecule has 1 fully saturated rings. The molecule has 0 unspecified atom stereocenters. The van der Waals surface area contributed by atoms with Crippen LogP contribution >= 0.6 is 12.4 Å². The Labute approximate surface area is 166 Å². The van der Waals surface area contributed by atoms with Crippen molar-refractivity contribution in [2.45, 2.75) is 51.3 Å². The summed E-state index contributed by atoms with van der Waals surface area (Å²) < 4.78 is 5.85. The number of benzene rings is 1. The summed E-state index contributed by atoms with van der Waals surface area (Å²) in [6, 6.07) is 7.78. The summed E-state index contributed by atoms with van der Waals surface area (Å²) in [4.78, 5) is 23.7. The third-order valence-electron chi connectivity index (χ3n) is 5.00. The first-order valence-corrected chi connectivity index (χ1v) is 9.41. The van der Waals surface area contributed by atoms with E-state index in [2.05, 4.69) is 16.9 Å². The SMILES string of the molecule is CCCO[C@H]1C[C@@H](C(=O)N(C)Cc2cnc3ccccc3n2)CC[C@@H]1N.Cl. The normalized spacial score (nSPS) is 22.3. The standard InChI is InChI=1S/C20H28N4O2.ClH/c1-3-10-26-19-11-14(8-9-16(19)21)20(25)24(2)13-15-12-22-17-6-4-5-7-18(17)23-15;/h4-7,12,14,16,19H,3,8-11,13,21H2,1-2H3;1H/t14-,16-,19-;/m0./s1. The molecule has 0 radical (unpaired) electrons. The summed E-state index contributed by atoms with van der Waals surface area (Å²) in [5.41, 5.74) is 8.68. The molecule has 1 amide bonds. The molecule has 148 valence electrons. The lowest BCUT2D eigenvalue weighted by Gasteiger charge is -2.35. The maximum absolute atomic E-state index is 12.9. The van der Waals surface area contributed by atoms with Crippen LogP contribution in [0.5, 0.6) is 0 Å². The van der Waals surface area contributed by atoms with E-state index in [4.69, 9.17) is 10.5 Å². The quantitative estimate of drug-likeness (QED) is 0.817. The van der Waals surface area contributed by atoms with E-state index in [9.17, 15) is 4.79 Å². The molecule has 0 aliphatic heterocycles. The molecule has 1 saturated carbocycles. The number of para-hydroxylation sites is 2. The lowest BCUT2D eigenvalue weighted by Crippen LogP contribution is -2.46. The monoisotopic (exact) mass is 392 g/mol. The number of halogens is 1. The van der Waals surface area contributed by atoms with Gasteiger partial charge in [-0.1, -0.05) is 19.1 Å². The number of amides is 1. The molecule has 3 atom stereocenters. The number of nitrogens with two attached hydrogens (primary N) is 1. The average Bonchev–Trinajstić information content (AvgIpc) is 2.66. The second-order valence-electron chi connectivity index (χ2n) is 7.13. The van der Waals surface area contributed by atoms with E-state index in [1.54, 1.807) is 11.1 Å². The van der Waals surface area contributed by atoms with Crippen molar-refractivity contribution in [2.75, 3.05) is 13.7 Å². The minimum atomic E-state index is -0.0323. The zero-order chi connectivity index (χ0) is 18.5. The largest absolute Gasteiger partial charge is 0.377 e. The third kappa shape index (κ3) is 5.37. The molecule has 6 nitrogen and oxygen atoms in total. The van der Waals surface area contributed by atoms with Crippen LogP contribution in [-0.4, -0.2) is 46.6 Å². The Hall–Kier alpha value is -1.76. The molecule has 0 spiro atoms. The van der Waals surface area contributed by atoms with E-state index >= 15 is 0 Å². The van der Waals surface area contributed by atoms with Crippen LogP contribution in [0.2, 0.25) is 0 Å². The molecule has 2 N–H and O–H groups in total. The van der Waals surface area contributed by atoms with E-state index < -0.39 is 0 Å². The summed E-state index contributed by atoms with van der Waals surface area (Å²) in [6.07, 6.45) is 5.03. The Morgan fingerprint density at radius 3 is 2.78 bits per heavy atom. The van der Waals surface area contributed by atoms with Gasteiger partial charge in [-0.25, -0.2) is 4.98 Å². The molecule has 2 aromatic rings. The highest BCUT2D eigenvalue weighted by Crippen LogP contribution is 2.27. The van der Waals surface area contributed by atoms with E-state index in [0.717, 1.165) is 36.0 Å². The van der Waals surface area contributed by atoms with Crippen LogP contribution in [0, 0.1) is 5.92 Å². The number of nitrogens with zero attached hydrogens (tertiary/aromatic N) is 3. The zero-order valence-electron chi connectivity index (χ0n) is 16.0. The molecule has 1 heterocycles. The van der Waals surface area contributed by atoms with Crippen LogP contribution in [0.25, 0.3) is 11.0 Å². The summed E-state index contributed by atoms with van der Waals surface area (Å²) in [7, 11) is 1.83. The summed E-state index contributed by atoms with van der Waals surface area (Å²) in [5, 5.41) is 0. The highest BCUT2D eigenvalue weighted by Gasteiger charge is 2.34. The van der Waals surface area contributed by atoms with Crippen molar-refractivity contribution >= 4 is 29.3 Å². The minimum Gasteiger partial charge on any atom is -0.377 e. The van der Waals surface area contributed by atoms with Gasteiger partial charge in [-0.15, -0.1) is 12.4 Å². The summed E-state index contributed by atoms with van der Waals surface area (Å²) in [5.74, 6) is 0.104. The number of rotatable bonds is 6. The fraction of sp³-hybridized carbons (Fsp3) is 0.550. The van der Waals surface area contributed by atoms with Crippen molar-refractivity contribution in [3.63, 3.8) is 0 Å². The number of carbonyl (C=O) groups excluding carboxylic acids is 1. The fourth-order valence-electron chi connectivity index (χ4n) is 3.54. The lowest BCUT2D eigenvalue weighted by molar-refractivity contribution is -0.138. The molecule has 1 aliphatic carbocycles. The number of fused-ring (bicyclic) bond motifs is 1. The highest BCUT2D eigenvalue weighted by molar-refractivity contribution is 5.85. The smallest absolute Gasteiger partial charge is 0.225 e. The molecule has 1 aliphatic rings. The first-order valence-electron chi connectivity index (χ1n) is 9.41. The average molecular weight is 393 g/mol. The number of hydrogen-bond acceptors (Lipinski definition) is 5. The Morgan fingerprint density at radius 1 is 1.30 bits per heavy atom. The molecule has 1 aromatic carbocycles. The Kier molecular flexibility index (Phi) is 7.95. The number of carbonyl (C=O) groups is 1. The van der Waals surface area contributed by atoms with E-state index in [0.29, 0.717) is 19.6 Å². The van der Waals surface area contributed by atoms with Crippen LogP contribution in [0.4, 0.5) is 0 Å². The Balaban J connectivity index is 0.00000261. The van der Waals surface area contributed by atoms with E-state index in [1.807, 2.05) is 31.3 Å². The second kappa shape index (κ2) is 9.97. The highest BCUT2D eigenvalue weighted by atomic mass is 35.5.